The summed E-state index contributed by atoms with van der Waals surface area (Å²) in [4.78, 5) is 12.3. The van der Waals surface area contributed by atoms with Crippen LogP contribution >= 0.6 is 22.6 Å². The molecular formula is C19H18FI2N3O2. The molecule has 27 heavy (non-hydrogen) atoms. The number of anilines is 2. The highest BCUT2D eigenvalue weighted by Gasteiger charge is 2.21. The number of hydrogen-bond donors (Lipinski definition) is 1. The van der Waals surface area contributed by atoms with Gasteiger partial charge in [-0.15, -0.1) is 0 Å². The Kier molecular flexibility index (Phi) is 7.20. The summed E-state index contributed by atoms with van der Waals surface area (Å²) < 4.78 is 23.9. The van der Waals surface area contributed by atoms with Crippen LogP contribution in [0.3, 0.4) is 0 Å². The summed E-state index contributed by atoms with van der Waals surface area (Å²) in [5, 5.41) is 3.03. The Balaban J connectivity index is 0.00000261. The van der Waals surface area contributed by atoms with Gasteiger partial charge in [-0.2, -0.15) is 0 Å². The molecule has 0 aliphatic rings. The second kappa shape index (κ2) is 9.00. The zero-order valence-corrected chi connectivity index (χ0v) is 19.1. The normalized spacial score (nSPS) is 10.4. The number of hydrogen-bond acceptors (Lipinski definition) is 3. The number of esters is 1. The number of halogens is 3. The van der Waals surface area contributed by atoms with Crippen molar-refractivity contribution in [2.45, 2.75) is 6.54 Å². The highest BCUT2D eigenvalue weighted by molar-refractivity contribution is 14.1. The number of imidazole rings is 1. The standard InChI is InChI=1S/C19H17FIN3O2.HI/c1-4-7-24-11-23(2)17-9-13(19(25)26-3)16(10-18(17)24)22-15-6-5-12(21)8-14(15)20;/h4-6,8-11H,1,7H2,2-3H3;1H. The van der Waals surface area contributed by atoms with Crippen LogP contribution in [0.2, 0.25) is 0 Å². The van der Waals surface area contributed by atoms with Crippen molar-refractivity contribution < 1.29 is 42.5 Å². The summed E-state index contributed by atoms with van der Waals surface area (Å²) in [6.07, 6.45) is 3.71. The first-order valence-corrected chi connectivity index (χ1v) is 8.96. The van der Waals surface area contributed by atoms with Gasteiger partial charge in [0.1, 0.15) is 12.4 Å². The summed E-state index contributed by atoms with van der Waals surface area (Å²) in [5.41, 5.74) is 2.87. The van der Waals surface area contributed by atoms with Gasteiger partial charge in [-0.25, -0.2) is 18.3 Å². The molecule has 0 saturated heterocycles. The molecular weight excluding hydrogens is 575 g/mol. The van der Waals surface area contributed by atoms with Crippen molar-refractivity contribution in [1.29, 1.82) is 0 Å². The number of fused-ring (bicyclic) bond motifs is 1. The first kappa shape index (κ1) is 21.6. The van der Waals surface area contributed by atoms with Gasteiger partial charge in [-0.1, -0.05) is 12.7 Å². The Labute approximate surface area is 187 Å². The van der Waals surface area contributed by atoms with E-state index in [0.717, 1.165) is 14.6 Å². The van der Waals surface area contributed by atoms with E-state index in [1.54, 1.807) is 24.3 Å². The maximum Gasteiger partial charge on any atom is 0.340 e. The Morgan fingerprint density at radius 2 is 2.11 bits per heavy atom. The molecule has 1 N–H and O–H groups in total. The maximum atomic E-state index is 14.3. The van der Waals surface area contributed by atoms with Gasteiger partial charge in [0.15, 0.2) is 11.0 Å². The second-order valence-corrected chi connectivity index (χ2v) is 7.04. The van der Waals surface area contributed by atoms with Crippen LogP contribution in [0.1, 0.15) is 10.4 Å². The summed E-state index contributed by atoms with van der Waals surface area (Å²) >= 11 is 2.05. The highest BCUT2D eigenvalue weighted by atomic mass is 127. The average Bonchev–Trinajstić information content (AvgIpc) is 2.91. The molecule has 3 aromatic rings. The topological polar surface area (TPSA) is 47.1 Å². The lowest BCUT2D eigenvalue weighted by Gasteiger charge is -2.12. The van der Waals surface area contributed by atoms with Gasteiger partial charge in [0.25, 0.3) is 0 Å². The molecule has 0 bridgehead atoms. The number of aryl methyl sites for hydroxylation is 1. The average molecular weight is 593 g/mol. The molecule has 8 heteroatoms. The van der Waals surface area contributed by atoms with Gasteiger partial charge < -0.3 is 34.0 Å². The van der Waals surface area contributed by atoms with Crippen LogP contribution in [0.25, 0.3) is 11.0 Å². The van der Waals surface area contributed by atoms with Crippen LogP contribution in [0.5, 0.6) is 0 Å². The third-order valence-corrected chi connectivity index (χ3v) is 4.72. The van der Waals surface area contributed by atoms with E-state index in [1.807, 2.05) is 51.2 Å². The molecule has 0 spiro atoms. The van der Waals surface area contributed by atoms with Crippen molar-refractivity contribution in [3.8, 4) is 0 Å². The van der Waals surface area contributed by atoms with E-state index in [1.165, 1.54) is 13.2 Å². The quantitative estimate of drug-likeness (QED) is 0.208. The molecule has 1 heterocycles. The van der Waals surface area contributed by atoms with E-state index >= 15 is 0 Å². The fourth-order valence-electron chi connectivity index (χ4n) is 2.83. The minimum absolute atomic E-state index is 0. The Hall–Kier alpha value is -1.69. The molecule has 2 aromatic carbocycles. The predicted octanol–water partition coefficient (Wildman–Crippen LogP) is 0.930. The number of nitrogens with zero attached hydrogens (tertiary/aromatic N) is 2. The monoisotopic (exact) mass is 593 g/mol. The van der Waals surface area contributed by atoms with Crippen molar-refractivity contribution in [2.75, 3.05) is 12.4 Å². The summed E-state index contributed by atoms with van der Waals surface area (Å²) in [5.74, 6) is -0.878. The third-order valence-electron chi connectivity index (χ3n) is 4.05. The van der Waals surface area contributed by atoms with Crippen molar-refractivity contribution in [1.82, 2.24) is 4.57 Å². The number of carbonyl (C=O) groups is 1. The van der Waals surface area contributed by atoms with E-state index < -0.39 is 5.97 Å². The SMILES string of the molecule is C=CCn1c[n+](C)c2cc(C(=O)OC)c(Nc3ccc(I)cc3F)cc21.[I-]. The number of benzene rings is 2. The Morgan fingerprint density at radius 3 is 2.74 bits per heavy atom. The number of allylic oxidation sites excluding steroid dienone is 1. The molecule has 0 fully saturated rings. The summed E-state index contributed by atoms with van der Waals surface area (Å²) in [6, 6.07) is 8.43. The van der Waals surface area contributed by atoms with Crippen molar-refractivity contribution in [2.24, 2.45) is 7.05 Å². The lowest BCUT2D eigenvalue weighted by Crippen LogP contribution is -3.00. The Morgan fingerprint density at radius 1 is 1.37 bits per heavy atom. The van der Waals surface area contributed by atoms with Gasteiger partial charge in [0, 0.05) is 15.7 Å². The molecule has 0 aliphatic heterocycles. The molecule has 142 valence electrons. The lowest BCUT2D eigenvalue weighted by atomic mass is 10.1. The smallest absolute Gasteiger partial charge is 0.340 e. The van der Waals surface area contributed by atoms with Crippen LogP contribution < -0.4 is 33.9 Å². The minimum Gasteiger partial charge on any atom is -1.00 e. The molecule has 0 unspecified atom stereocenters. The molecule has 0 saturated carbocycles. The number of methoxy groups -OCH3 is 1. The third kappa shape index (κ3) is 4.42. The molecule has 0 radical (unpaired) electrons. The van der Waals surface area contributed by atoms with E-state index in [2.05, 4.69) is 11.9 Å². The zero-order chi connectivity index (χ0) is 18.8. The minimum atomic E-state index is -0.489. The molecule has 3 rings (SSSR count). The van der Waals surface area contributed by atoms with Gasteiger partial charge in [0.05, 0.1) is 31.1 Å². The van der Waals surface area contributed by atoms with E-state index in [4.69, 9.17) is 4.74 Å². The highest BCUT2D eigenvalue weighted by Crippen LogP contribution is 2.28. The van der Waals surface area contributed by atoms with E-state index in [0.29, 0.717) is 23.5 Å². The lowest BCUT2D eigenvalue weighted by molar-refractivity contribution is -0.645. The molecule has 0 amide bonds. The molecule has 0 atom stereocenters. The largest absolute Gasteiger partial charge is 1.00 e. The fraction of sp³-hybridized carbons (Fsp3) is 0.158. The van der Waals surface area contributed by atoms with Gasteiger partial charge in [-0.3, -0.25) is 0 Å². The fourth-order valence-corrected chi connectivity index (χ4v) is 3.28. The number of rotatable bonds is 5. The van der Waals surface area contributed by atoms with Crippen LogP contribution in [0.15, 0.2) is 49.3 Å². The summed E-state index contributed by atoms with van der Waals surface area (Å²) in [6.45, 7) is 4.39. The molecule has 5 nitrogen and oxygen atoms in total. The predicted molar refractivity (Wildman–Crippen MR) is 107 cm³/mol. The number of carbonyl (C=O) groups excluding carboxylic acids is 1. The first-order valence-electron chi connectivity index (χ1n) is 7.88. The van der Waals surface area contributed by atoms with Gasteiger partial charge >= 0.3 is 5.97 Å². The number of aromatic nitrogens is 2. The van der Waals surface area contributed by atoms with Crippen molar-refractivity contribution in [3.05, 3.63) is 64.3 Å². The molecule has 0 aliphatic carbocycles. The number of ether oxygens (including phenoxy) is 1. The van der Waals surface area contributed by atoms with Crippen LogP contribution in [0.4, 0.5) is 15.8 Å². The van der Waals surface area contributed by atoms with Crippen LogP contribution in [0, 0.1) is 9.39 Å². The van der Waals surface area contributed by atoms with Gasteiger partial charge in [-0.05, 0) is 40.8 Å². The molecule has 1 aromatic heterocycles. The van der Waals surface area contributed by atoms with E-state index in [-0.39, 0.29) is 29.8 Å². The first-order chi connectivity index (χ1) is 12.4. The van der Waals surface area contributed by atoms with Gasteiger partial charge in [0.2, 0.25) is 6.33 Å². The zero-order valence-electron chi connectivity index (χ0n) is 14.8. The van der Waals surface area contributed by atoms with Crippen molar-refractivity contribution >= 4 is 51.0 Å². The second-order valence-electron chi connectivity index (χ2n) is 5.79. The van der Waals surface area contributed by atoms with Crippen molar-refractivity contribution in [3.63, 3.8) is 0 Å². The van der Waals surface area contributed by atoms with E-state index in [9.17, 15) is 9.18 Å². The number of nitrogens with one attached hydrogen (secondary N) is 1. The van der Waals surface area contributed by atoms with Crippen LogP contribution in [-0.2, 0) is 18.3 Å². The maximum absolute atomic E-state index is 14.3. The van der Waals surface area contributed by atoms with Crippen LogP contribution in [-0.4, -0.2) is 17.6 Å². The summed E-state index contributed by atoms with van der Waals surface area (Å²) in [7, 11) is 3.22. The Bertz CT molecular complexity index is 1020.